The van der Waals surface area contributed by atoms with Crippen LogP contribution in [0.3, 0.4) is 0 Å². The summed E-state index contributed by atoms with van der Waals surface area (Å²) in [5.74, 6) is -0.833. The van der Waals surface area contributed by atoms with E-state index in [1.165, 1.54) is 12.2 Å². The van der Waals surface area contributed by atoms with Gasteiger partial charge < -0.3 is 20.4 Å². The van der Waals surface area contributed by atoms with E-state index in [0.29, 0.717) is 19.3 Å². The van der Waals surface area contributed by atoms with Crippen molar-refractivity contribution in [1.29, 1.82) is 0 Å². The molecule has 0 heterocycles. The smallest absolute Gasteiger partial charge is 0.300 e. The molecule has 116 valence electrons. The van der Waals surface area contributed by atoms with E-state index >= 15 is 0 Å². The number of carboxylic acids is 1. The third-order valence-corrected chi connectivity index (χ3v) is 2.91. The summed E-state index contributed by atoms with van der Waals surface area (Å²) in [5, 5.41) is 35.8. The fourth-order valence-corrected chi connectivity index (χ4v) is 1.67. The second kappa shape index (κ2) is 13.5. The van der Waals surface area contributed by atoms with Crippen LogP contribution in [-0.4, -0.2) is 45.2 Å². The van der Waals surface area contributed by atoms with Crippen LogP contribution >= 0.6 is 0 Å². The summed E-state index contributed by atoms with van der Waals surface area (Å²) < 4.78 is 0. The average Bonchev–Trinajstić information content (AvgIpc) is 2.36. The van der Waals surface area contributed by atoms with Crippen LogP contribution in [0, 0.1) is 5.41 Å². The van der Waals surface area contributed by atoms with Crippen molar-refractivity contribution in [3.63, 3.8) is 0 Å². The van der Waals surface area contributed by atoms with Crippen molar-refractivity contribution in [2.75, 3.05) is 6.61 Å². The standard InChI is InChI=1S/C12H22O3.C2H4O2.Ti/c1-4-10(14)7-12(6-3,9-13)8-11(15)5-2;1-2(3)4;/h4-5,10-11,13-15H,1-2,6-9H2,3H3;1H3,(H,3,4);. The molecule has 0 saturated heterocycles. The molecule has 0 aliphatic carbocycles. The molecule has 0 spiro atoms. The molecule has 2 atom stereocenters. The fourth-order valence-electron chi connectivity index (χ4n) is 1.67. The third kappa shape index (κ3) is 12.6. The first-order chi connectivity index (χ1) is 8.76. The fraction of sp³-hybridized carbons (Fsp3) is 0.643. The normalized spacial score (nSPS) is 15.4. The Hall–Kier alpha value is -0.456. The molecule has 0 aliphatic rings. The van der Waals surface area contributed by atoms with E-state index in [4.69, 9.17) is 9.90 Å². The van der Waals surface area contributed by atoms with Crippen LogP contribution in [0.4, 0.5) is 0 Å². The number of aliphatic carboxylic acids is 1. The van der Waals surface area contributed by atoms with Gasteiger partial charge in [-0.2, -0.15) is 0 Å². The number of aliphatic hydroxyl groups excluding tert-OH is 3. The van der Waals surface area contributed by atoms with Gasteiger partial charge in [-0.25, -0.2) is 0 Å². The molecule has 0 aromatic heterocycles. The third-order valence-electron chi connectivity index (χ3n) is 2.91. The molecule has 0 aliphatic heterocycles. The summed E-state index contributed by atoms with van der Waals surface area (Å²) in [6.45, 7) is 9.96. The van der Waals surface area contributed by atoms with Gasteiger partial charge in [0.1, 0.15) is 0 Å². The first kappa shape index (κ1) is 24.6. The molecular formula is C14H26O5Ti. The molecule has 0 rings (SSSR count). The van der Waals surface area contributed by atoms with Gasteiger partial charge in [-0.1, -0.05) is 19.1 Å². The molecule has 0 saturated carbocycles. The zero-order chi connectivity index (χ0) is 15.5. The minimum atomic E-state index is -0.833. The van der Waals surface area contributed by atoms with E-state index in [0.717, 1.165) is 6.92 Å². The number of hydrogen-bond donors (Lipinski definition) is 4. The largest absolute Gasteiger partial charge is 0.481 e. The Morgan fingerprint density at radius 1 is 1.20 bits per heavy atom. The minimum Gasteiger partial charge on any atom is -0.481 e. The molecule has 0 aromatic carbocycles. The van der Waals surface area contributed by atoms with Crippen molar-refractivity contribution >= 4 is 5.97 Å². The Bertz CT molecular complexity index is 255. The van der Waals surface area contributed by atoms with E-state index in [-0.39, 0.29) is 28.3 Å². The zero-order valence-corrected chi connectivity index (χ0v) is 13.8. The van der Waals surface area contributed by atoms with Crippen LogP contribution in [0.1, 0.15) is 33.1 Å². The van der Waals surface area contributed by atoms with E-state index in [1.807, 2.05) is 6.92 Å². The summed E-state index contributed by atoms with van der Waals surface area (Å²) in [7, 11) is 0. The van der Waals surface area contributed by atoms with Crippen molar-refractivity contribution in [1.82, 2.24) is 0 Å². The van der Waals surface area contributed by atoms with Crippen molar-refractivity contribution in [3.8, 4) is 0 Å². The molecular weight excluding hydrogens is 296 g/mol. The van der Waals surface area contributed by atoms with E-state index in [9.17, 15) is 15.3 Å². The Kier molecular flexibility index (Phi) is 16.6. The number of hydrogen-bond acceptors (Lipinski definition) is 4. The summed E-state index contributed by atoms with van der Waals surface area (Å²) in [6.07, 6.45) is 3.12. The van der Waals surface area contributed by atoms with Gasteiger partial charge in [0, 0.05) is 35.2 Å². The maximum atomic E-state index is 9.50. The van der Waals surface area contributed by atoms with Gasteiger partial charge in [-0.05, 0) is 24.7 Å². The number of aliphatic hydroxyl groups is 3. The van der Waals surface area contributed by atoms with Crippen molar-refractivity contribution in [3.05, 3.63) is 25.3 Å². The van der Waals surface area contributed by atoms with Crippen LogP contribution in [0.2, 0.25) is 0 Å². The van der Waals surface area contributed by atoms with Crippen molar-refractivity contribution in [2.24, 2.45) is 5.41 Å². The van der Waals surface area contributed by atoms with E-state index < -0.39 is 23.6 Å². The topological polar surface area (TPSA) is 98.0 Å². The van der Waals surface area contributed by atoms with Gasteiger partial charge in [0.25, 0.3) is 5.97 Å². The predicted molar refractivity (Wildman–Crippen MR) is 74.8 cm³/mol. The minimum absolute atomic E-state index is 0. The van der Waals surface area contributed by atoms with Gasteiger partial charge in [0.05, 0.1) is 12.2 Å². The second-order valence-corrected chi connectivity index (χ2v) is 4.55. The zero-order valence-electron chi connectivity index (χ0n) is 12.2. The molecule has 0 amide bonds. The average molecular weight is 322 g/mol. The molecule has 0 bridgehead atoms. The first-order valence-electron chi connectivity index (χ1n) is 6.18. The van der Waals surface area contributed by atoms with Crippen LogP contribution < -0.4 is 0 Å². The molecule has 20 heavy (non-hydrogen) atoms. The summed E-state index contributed by atoms with van der Waals surface area (Å²) in [5.41, 5.74) is -0.457. The van der Waals surface area contributed by atoms with Crippen LogP contribution in [0.5, 0.6) is 0 Å². The molecule has 0 radical (unpaired) electrons. The molecule has 0 aromatic rings. The number of rotatable bonds is 8. The molecule has 4 N–H and O–H groups in total. The monoisotopic (exact) mass is 322 g/mol. The Morgan fingerprint density at radius 2 is 1.50 bits per heavy atom. The molecule has 0 fully saturated rings. The summed E-state index contributed by atoms with van der Waals surface area (Å²) >= 11 is 0. The van der Waals surface area contributed by atoms with Gasteiger partial charge in [0.2, 0.25) is 0 Å². The van der Waals surface area contributed by atoms with Gasteiger partial charge in [-0.15, -0.1) is 13.2 Å². The molecule has 5 nitrogen and oxygen atoms in total. The SMILES string of the molecule is C=CC(O)CC(CC)(CO)CC(O)C=C.CC(=O)O.[Ti]. The van der Waals surface area contributed by atoms with Gasteiger partial charge in [-0.3, -0.25) is 4.79 Å². The molecule has 6 heteroatoms. The van der Waals surface area contributed by atoms with Crippen LogP contribution in [0.15, 0.2) is 25.3 Å². The molecule has 2 unspecified atom stereocenters. The summed E-state index contributed by atoms with van der Waals surface area (Å²) in [6, 6.07) is 0. The van der Waals surface area contributed by atoms with Crippen LogP contribution in [-0.2, 0) is 26.5 Å². The Labute approximate surface area is 135 Å². The van der Waals surface area contributed by atoms with Crippen LogP contribution in [0.25, 0.3) is 0 Å². The summed E-state index contributed by atoms with van der Waals surface area (Å²) in [4.78, 5) is 9.00. The van der Waals surface area contributed by atoms with Gasteiger partial charge in [0.15, 0.2) is 0 Å². The number of carbonyl (C=O) groups is 1. The van der Waals surface area contributed by atoms with Crippen molar-refractivity contribution < 1.29 is 46.9 Å². The number of carboxylic acid groups (broad SMARTS) is 1. The maximum Gasteiger partial charge on any atom is 0.300 e. The second-order valence-electron chi connectivity index (χ2n) is 4.55. The Morgan fingerprint density at radius 3 is 1.65 bits per heavy atom. The predicted octanol–water partition coefficient (Wildman–Crippen LogP) is 1.34. The Balaban J connectivity index is -0.000000508. The maximum absolute atomic E-state index is 9.50. The first-order valence-corrected chi connectivity index (χ1v) is 6.18. The quantitative estimate of drug-likeness (QED) is 0.399. The van der Waals surface area contributed by atoms with Crippen molar-refractivity contribution in [2.45, 2.75) is 45.3 Å². The van der Waals surface area contributed by atoms with E-state index in [2.05, 4.69) is 13.2 Å². The van der Waals surface area contributed by atoms with E-state index in [1.54, 1.807) is 0 Å². The van der Waals surface area contributed by atoms with Gasteiger partial charge >= 0.3 is 0 Å².